The molecule has 0 aliphatic carbocycles. The van der Waals surface area contributed by atoms with Crippen LogP contribution in [-0.2, 0) is 14.4 Å². The predicted molar refractivity (Wildman–Crippen MR) is 70.9 cm³/mol. The van der Waals surface area contributed by atoms with Crippen molar-refractivity contribution in [1.82, 2.24) is 10.2 Å². The molecule has 0 spiro atoms. The summed E-state index contributed by atoms with van der Waals surface area (Å²) in [5.41, 5.74) is -0.117. The number of carboxylic acids is 2. The number of rotatable bonds is 6. The monoisotopic (exact) mass is 295 g/mol. The standard InChI is InChI=1S/C13H17N3O5/c14-7-10(8-15-4-1-11(17)18)12(19)16-5-2-9(3-6-16)13(20)21/h8-9,15H,1-6H2,(H,17,18)(H,20,21)/b10-8-. The molecule has 8 nitrogen and oxygen atoms in total. The molecule has 8 heteroatoms. The summed E-state index contributed by atoms with van der Waals surface area (Å²) in [4.78, 5) is 34.7. The van der Waals surface area contributed by atoms with E-state index in [-0.39, 0.29) is 18.5 Å². The van der Waals surface area contributed by atoms with E-state index < -0.39 is 23.8 Å². The van der Waals surface area contributed by atoms with Gasteiger partial charge < -0.3 is 20.4 Å². The fourth-order valence-electron chi connectivity index (χ4n) is 2.00. The summed E-state index contributed by atoms with van der Waals surface area (Å²) < 4.78 is 0. The van der Waals surface area contributed by atoms with E-state index in [2.05, 4.69) is 5.32 Å². The second-order valence-electron chi connectivity index (χ2n) is 4.67. The van der Waals surface area contributed by atoms with Gasteiger partial charge in [-0.15, -0.1) is 0 Å². The summed E-state index contributed by atoms with van der Waals surface area (Å²) in [6.07, 6.45) is 1.82. The Morgan fingerprint density at radius 1 is 1.29 bits per heavy atom. The first-order valence-corrected chi connectivity index (χ1v) is 6.53. The highest BCUT2D eigenvalue weighted by Gasteiger charge is 2.28. The second-order valence-corrected chi connectivity index (χ2v) is 4.67. The first-order chi connectivity index (χ1) is 9.95. The number of nitrogens with zero attached hydrogens (tertiary/aromatic N) is 2. The number of amides is 1. The third kappa shape index (κ3) is 5.14. The fourth-order valence-corrected chi connectivity index (χ4v) is 2.00. The Balaban J connectivity index is 2.52. The first kappa shape index (κ1) is 16.5. The van der Waals surface area contributed by atoms with Crippen molar-refractivity contribution in [3.05, 3.63) is 11.8 Å². The van der Waals surface area contributed by atoms with Gasteiger partial charge in [0.1, 0.15) is 11.6 Å². The zero-order chi connectivity index (χ0) is 15.8. The maximum absolute atomic E-state index is 12.1. The number of likely N-dealkylation sites (tertiary alicyclic amines) is 1. The third-order valence-corrected chi connectivity index (χ3v) is 3.21. The molecule has 0 radical (unpaired) electrons. The molecule has 1 rings (SSSR count). The molecule has 1 amide bonds. The minimum absolute atomic E-state index is 0.117. The highest BCUT2D eigenvalue weighted by Crippen LogP contribution is 2.18. The Labute approximate surface area is 121 Å². The molecule has 0 aromatic heterocycles. The number of aliphatic carboxylic acids is 2. The van der Waals surface area contributed by atoms with Crippen molar-refractivity contribution in [2.75, 3.05) is 19.6 Å². The quantitative estimate of drug-likeness (QED) is 0.351. The van der Waals surface area contributed by atoms with Crippen LogP contribution in [0.2, 0.25) is 0 Å². The maximum Gasteiger partial charge on any atom is 0.306 e. The Kier molecular flexibility index (Phi) is 6.20. The lowest BCUT2D eigenvalue weighted by atomic mass is 9.97. The molecule has 1 aliphatic rings. The molecule has 1 saturated heterocycles. The number of piperidine rings is 1. The third-order valence-electron chi connectivity index (χ3n) is 3.21. The Bertz CT molecular complexity index is 487. The molecule has 1 heterocycles. The van der Waals surface area contributed by atoms with Gasteiger partial charge in [0, 0.05) is 25.8 Å². The van der Waals surface area contributed by atoms with Gasteiger partial charge in [-0.05, 0) is 12.8 Å². The number of carbonyl (C=O) groups is 3. The lowest BCUT2D eigenvalue weighted by molar-refractivity contribution is -0.145. The molecule has 3 N–H and O–H groups in total. The number of carboxylic acid groups (broad SMARTS) is 2. The molecule has 1 aliphatic heterocycles. The van der Waals surface area contributed by atoms with Crippen molar-refractivity contribution in [1.29, 1.82) is 5.26 Å². The van der Waals surface area contributed by atoms with Gasteiger partial charge in [-0.1, -0.05) is 0 Å². The van der Waals surface area contributed by atoms with Gasteiger partial charge in [0.05, 0.1) is 12.3 Å². The van der Waals surface area contributed by atoms with Crippen molar-refractivity contribution in [3.63, 3.8) is 0 Å². The van der Waals surface area contributed by atoms with E-state index in [9.17, 15) is 14.4 Å². The van der Waals surface area contributed by atoms with Crippen molar-refractivity contribution < 1.29 is 24.6 Å². The highest BCUT2D eigenvalue weighted by molar-refractivity contribution is 5.97. The number of nitrogens with one attached hydrogen (secondary N) is 1. The summed E-state index contributed by atoms with van der Waals surface area (Å²) in [6.45, 7) is 0.711. The molecule has 0 atom stereocenters. The molecule has 0 unspecified atom stereocenters. The van der Waals surface area contributed by atoms with Crippen molar-refractivity contribution in [2.24, 2.45) is 5.92 Å². The van der Waals surface area contributed by atoms with E-state index in [1.54, 1.807) is 6.07 Å². The summed E-state index contributed by atoms with van der Waals surface area (Å²) in [6, 6.07) is 1.76. The molecular weight excluding hydrogens is 278 g/mol. The van der Waals surface area contributed by atoms with Gasteiger partial charge in [-0.3, -0.25) is 14.4 Å². The van der Waals surface area contributed by atoms with Crippen LogP contribution in [0.4, 0.5) is 0 Å². The molecule has 21 heavy (non-hydrogen) atoms. The smallest absolute Gasteiger partial charge is 0.306 e. The summed E-state index contributed by atoms with van der Waals surface area (Å²) in [5, 5.41) is 28.9. The zero-order valence-corrected chi connectivity index (χ0v) is 11.4. The van der Waals surface area contributed by atoms with Crippen LogP contribution in [0.3, 0.4) is 0 Å². The molecule has 0 aromatic carbocycles. The van der Waals surface area contributed by atoms with Crippen LogP contribution >= 0.6 is 0 Å². The molecular formula is C13H17N3O5. The average molecular weight is 295 g/mol. The van der Waals surface area contributed by atoms with E-state index in [4.69, 9.17) is 15.5 Å². The van der Waals surface area contributed by atoms with Gasteiger partial charge in [0.25, 0.3) is 5.91 Å². The zero-order valence-electron chi connectivity index (χ0n) is 11.4. The Morgan fingerprint density at radius 2 is 1.90 bits per heavy atom. The molecule has 114 valence electrons. The predicted octanol–water partition coefficient (Wildman–Crippen LogP) is -0.219. The fraction of sp³-hybridized carbons (Fsp3) is 0.538. The van der Waals surface area contributed by atoms with Crippen LogP contribution in [0.1, 0.15) is 19.3 Å². The maximum atomic E-state index is 12.1. The van der Waals surface area contributed by atoms with Crippen molar-refractivity contribution >= 4 is 17.8 Å². The molecule has 1 fully saturated rings. The molecule has 0 aromatic rings. The van der Waals surface area contributed by atoms with Crippen LogP contribution in [0.15, 0.2) is 11.8 Å². The normalized spacial score (nSPS) is 16.1. The number of carbonyl (C=O) groups excluding carboxylic acids is 1. The van der Waals surface area contributed by atoms with Gasteiger partial charge in [0.2, 0.25) is 0 Å². The average Bonchev–Trinajstić information content (AvgIpc) is 2.46. The minimum atomic E-state index is -0.975. The Hall–Kier alpha value is -2.56. The van der Waals surface area contributed by atoms with Crippen molar-refractivity contribution in [2.45, 2.75) is 19.3 Å². The summed E-state index contributed by atoms with van der Waals surface area (Å²) in [7, 11) is 0. The van der Waals surface area contributed by atoms with E-state index in [0.717, 1.165) is 0 Å². The van der Waals surface area contributed by atoms with Gasteiger partial charge in [0.15, 0.2) is 0 Å². The molecule has 0 bridgehead atoms. The van der Waals surface area contributed by atoms with E-state index >= 15 is 0 Å². The minimum Gasteiger partial charge on any atom is -0.481 e. The summed E-state index contributed by atoms with van der Waals surface area (Å²) in [5.74, 6) is -2.76. The van der Waals surface area contributed by atoms with Crippen molar-refractivity contribution in [3.8, 4) is 6.07 Å². The number of hydrogen-bond acceptors (Lipinski definition) is 5. The van der Waals surface area contributed by atoms with E-state index in [1.807, 2.05) is 0 Å². The van der Waals surface area contributed by atoms with Gasteiger partial charge >= 0.3 is 11.9 Å². The Morgan fingerprint density at radius 3 is 2.38 bits per heavy atom. The van der Waals surface area contributed by atoms with Crippen LogP contribution in [0.5, 0.6) is 0 Å². The van der Waals surface area contributed by atoms with Gasteiger partial charge in [-0.25, -0.2) is 0 Å². The number of nitriles is 1. The van der Waals surface area contributed by atoms with Crippen LogP contribution in [0, 0.1) is 17.2 Å². The second kappa shape index (κ2) is 7.89. The highest BCUT2D eigenvalue weighted by atomic mass is 16.4. The summed E-state index contributed by atoms with van der Waals surface area (Å²) >= 11 is 0. The lowest BCUT2D eigenvalue weighted by Crippen LogP contribution is -2.41. The SMILES string of the molecule is N#C/C(=C/NCCC(=O)O)C(=O)N1CCC(C(=O)O)CC1. The van der Waals surface area contributed by atoms with Gasteiger partial charge in [-0.2, -0.15) is 5.26 Å². The number of hydrogen-bond donors (Lipinski definition) is 3. The van der Waals surface area contributed by atoms with Crippen LogP contribution < -0.4 is 5.32 Å². The van der Waals surface area contributed by atoms with Crippen LogP contribution in [-0.4, -0.2) is 52.6 Å². The van der Waals surface area contributed by atoms with E-state index in [0.29, 0.717) is 25.9 Å². The first-order valence-electron chi connectivity index (χ1n) is 6.53. The molecule has 0 saturated carbocycles. The van der Waals surface area contributed by atoms with Crippen LogP contribution in [0.25, 0.3) is 0 Å². The largest absolute Gasteiger partial charge is 0.481 e. The van der Waals surface area contributed by atoms with E-state index in [1.165, 1.54) is 11.1 Å². The lowest BCUT2D eigenvalue weighted by Gasteiger charge is -2.29. The topological polar surface area (TPSA) is 131 Å².